The molecule has 3 heterocycles. The van der Waals surface area contributed by atoms with Gasteiger partial charge < -0.3 is 20.8 Å². The number of aromatic nitrogens is 4. The third-order valence-corrected chi connectivity index (χ3v) is 7.28. The number of rotatable bonds is 8. The van der Waals surface area contributed by atoms with Gasteiger partial charge in [0.2, 0.25) is 5.95 Å². The molecule has 0 amide bonds. The van der Waals surface area contributed by atoms with Gasteiger partial charge >= 0.3 is 17.6 Å². The smallest absolute Gasteiger partial charge is 0.335 e. The maximum absolute atomic E-state index is 14.1. The number of hydrogen-bond donors (Lipinski definition) is 3. The largest absolute Gasteiger partial charge is 0.478 e. The molecule has 1 saturated heterocycles. The number of carbonyl (C=O) groups is 2. The summed E-state index contributed by atoms with van der Waals surface area (Å²) in [6.45, 7) is 2.78. The van der Waals surface area contributed by atoms with E-state index in [-0.39, 0.29) is 48.0 Å². The summed E-state index contributed by atoms with van der Waals surface area (Å²) in [5, 5.41) is 18.9. The number of imidazole rings is 1. The number of hydrogen-bond acceptors (Lipinski definition) is 7. The van der Waals surface area contributed by atoms with Crippen molar-refractivity contribution in [2.45, 2.75) is 45.4 Å². The second-order valence-corrected chi connectivity index (χ2v) is 10.2. The number of aromatic carboxylic acids is 2. The maximum Gasteiger partial charge on any atom is 0.335 e. The molecule has 12 nitrogen and oxygen atoms in total. The monoisotopic (exact) mass is 570 g/mol. The van der Waals surface area contributed by atoms with Crippen LogP contribution in [0.3, 0.4) is 0 Å². The number of piperidine rings is 1. The number of benzene rings is 2. The number of anilines is 1. The van der Waals surface area contributed by atoms with Crippen molar-refractivity contribution in [2.75, 3.05) is 18.0 Å². The van der Waals surface area contributed by atoms with Crippen LogP contribution in [0.25, 0.3) is 11.2 Å². The predicted octanol–water partition coefficient (Wildman–Crippen LogP) is 1.80. The first-order valence-electron chi connectivity index (χ1n) is 13.5. The van der Waals surface area contributed by atoms with Crippen molar-refractivity contribution in [2.24, 2.45) is 5.73 Å². The maximum atomic E-state index is 14.1. The van der Waals surface area contributed by atoms with E-state index in [0.717, 1.165) is 17.4 Å². The molecule has 0 spiro atoms. The van der Waals surface area contributed by atoms with Crippen molar-refractivity contribution in [3.63, 3.8) is 0 Å². The van der Waals surface area contributed by atoms with Crippen molar-refractivity contribution >= 4 is 29.1 Å². The summed E-state index contributed by atoms with van der Waals surface area (Å²) in [7, 11) is 0. The summed E-state index contributed by atoms with van der Waals surface area (Å²) < 4.78 is 4.09. The van der Waals surface area contributed by atoms with Crippen LogP contribution in [0, 0.1) is 11.8 Å². The van der Waals surface area contributed by atoms with Gasteiger partial charge in [-0.2, -0.15) is 4.98 Å². The molecule has 1 atom stereocenters. The standard InChI is InChI=1S/C30H30N6O6/c1-2-3-13-34-24-25(32-29(34)33-12-6-11-23(31)18-33)35(16-19-7-4-9-21(14-19)27(38)39)30(42)36(26(24)37)17-20-8-5-10-22(15-20)28(40)41/h4-5,7-10,14-15,23H,6,11-13,16-18,31H2,1H3,(H,38,39)(H,40,41)/t23-/m1/s1. The van der Waals surface area contributed by atoms with Crippen molar-refractivity contribution in [3.8, 4) is 11.8 Å². The fourth-order valence-corrected chi connectivity index (χ4v) is 5.27. The van der Waals surface area contributed by atoms with Crippen molar-refractivity contribution < 1.29 is 19.8 Å². The molecule has 0 aliphatic carbocycles. The minimum absolute atomic E-state index is 0.0272. The minimum atomic E-state index is -1.13. The molecule has 0 unspecified atom stereocenters. The molecule has 4 N–H and O–H groups in total. The molecular formula is C30H30N6O6. The van der Waals surface area contributed by atoms with Crippen LogP contribution in [-0.4, -0.2) is 60.0 Å². The highest BCUT2D eigenvalue weighted by atomic mass is 16.4. The highest BCUT2D eigenvalue weighted by Crippen LogP contribution is 2.24. The zero-order chi connectivity index (χ0) is 30.0. The first-order chi connectivity index (χ1) is 20.2. The summed E-state index contributed by atoms with van der Waals surface area (Å²) in [6, 6.07) is 12.2. The van der Waals surface area contributed by atoms with Gasteiger partial charge in [-0.1, -0.05) is 30.2 Å². The van der Waals surface area contributed by atoms with Gasteiger partial charge in [-0.05, 0) is 55.2 Å². The first kappa shape index (κ1) is 28.4. The molecule has 1 aliphatic heterocycles. The molecule has 2 aromatic heterocycles. The Labute approximate surface area is 240 Å². The fraction of sp³-hybridized carbons (Fsp3) is 0.300. The number of carboxylic acid groups (broad SMARTS) is 2. The Bertz CT molecular complexity index is 1880. The van der Waals surface area contributed by atoms with Crippen LogP contribution in [0.4, 0.5) is 5.95 Å². The topological polar surface area (TPSA) is 166 Å². The zero-order valence-corrected chi connectivity index (χ0v) is 23.0. The van der Waals surface area contributed by atoms with E-state index in [1.807, 2.05) is 4.90 Å². The Morgan fingerprint density at radius 1 is 0.976 bits per heavy atom. The zero-order valence-electron chi connectivity index (χ0n) is 23.0. The van der Waals surface area contributed by atoms with Gasteiger partial charge in [0.1, 0.15) is 0 Å². The van der Waals surface area contributed by atoms with Crippen molar-refractivity contribution in [1.82, 2.24) is 18.7 Å². The Hall–Kier alpha value is -5.15. The highest BCUT2D eigenvalue weighted by molar-refractivity contribution is 5.88. The quantitative estimate of drug-likeness (QED) is 0.268. The molecule has 216 valence electrons. The van der Waals surface area contributed by atoms with Crippen LogP contribution in [0.15, 0.2) is 58.1 Å². The minimum Gasteiger partial charge on any atom is -0.478 e. The summed E-state index contributed by atoms with van der Waals surface area (Å²) in [5.74, 6) is 4.09. The molecule has 1 aliphatic rings. The van der Waals surface area contributed by atoms with E-state index in [4.69, 9.17) is 10.7 Å². The van der Waals surface area contributed by atoms with Crippen molar-refractivity contribution in [1.29, 1.82) is 0 Å². The number of nitrogens with two attached hydrogens (primary N) is 1. The molecule has 12 heteroatoms. The van der Waals surface area contributed by atoms with Gasteiger partial charge in [0, 0.05) is 19.1 Å². The van der Waals surface area contributed by atoms with Crippen LogP contribution in [0.1, 0.15) is 51.6 Å². The summed E-state index contributed by atoms with van der Waals surface area (Å²) in [5.41, 5.74) is 6.38. The SMILES string of the molecule is CC#CCn1c(N2CCC[C@@H](N)C2)nc2c1c(=O)n(Cc1cccc(C(=O)O)c1)c(=O)n2Cc1cccc(C(=O)O)c1. The van der Waals surface area contributed by atoms with Crippen molar-refractivity contribution in [3.05, 3.63) is 91.6 Å². The Balaban J connectivity index is 1.77. The van der Waals surface area contributed by atoms with Crippen LogP contribution < -0.4 is 21.9 Å². The third kappa shape index (κ3) is 5.55. The normalized spacial score (nSPS) is 14.9. The van der Waals surface area contributed by atoms with Gasteiger partial charge in [0.25, 0.3) is 5.56 Å². The van der Waals surface area contributed by atoms with Crippen LogP contribution in [0.2, 0.25) is 0 Å². The summed E-state index contributed by atoms with van der Waals surface area (Å²) in [4.78, 5) is 58.0. The average Bonchev–Trinajstić information content (AvgIpc) is 3.36. The molecule has 1 fully saturated rings. The molecule has 0 bridgehead atoms. The summed E-state index contributed by atoms with van der Waals surface area (Å²) >= 11 is 0. The van der Waals surface area contributed by atoms with Gasteiger partial charge in [-0.25, -0.2) is 14.4 Å². The Kier molecular flexibility index (Phi) is 7.95. The molecular weight excluding hydrogens is 540 g/mol. The molecule has 4 aromatic rings. The van der Waals surface area contributed by atoms with Gasteiger partial charge in [-0.15, -0.1) is 5.92 Å². The first-order valence-corrected chi connectivity index (χ1v) is 13.5. The lowest BCUT2D eigenvalue weighted by atomic mass is 10.1. The number of nitrogens with zero attached hydrogens (tertiary/aromatic N) is 5. The Morgan fingerprint density at radius 3 is 2.17 bits per heavy atom. The van der Waals surface area contributed by atoms with Crippen LogP contribution >= 0.6 is 0 Å². The molecule has 42 heavy (non-hydrogen) atoms. The second kappa shape index (κ2) is 11.8. The molecule has 2 aromatic carbocycles. The lowest BCUT2D eigenvalue weighted by Crippen LogP contribution is -2.44. The summed E-state index contributed by atoms with van der Waals surface area (Å²) in [6.07, 6.45) is 1.70. The van der Waals surface area contributed by atoms with Crippen LogP contribution in [0.5, 0.6) is 0 Å². The second-order valence-electron chi connectivity index (χ2n) is 10.2. The van der Waals surface area contributed by atoms with Gasteiger partial charge in [0.15, 0.2) is 11.2 Å². The molecule has 0 radical (unpaired) electrons. The fourth-order valence-electron chi connectivity index (χ4n) is 5.27. The highest BCUT2D eigenvalue weighted by Gasteiger charge is 2.27. The van der Waals surface area contributed by atoms with E-state index < -0.39 is 23.2 Å². The Morgan fingerprint density at radius 2 is 1.60 bits per heavy atom. The number of carboxylic acids is 2. The van der Waals surface area contributed by atoms with Crippen LogP contribution in [-0.2, 0) is 19.6 Å². The van der Waals surface area contributed by atoms with E-state index >= 15 is 0 Å². The van der Waals surface area contributed by atoms with E-state index in [1.54, 1.807) is 35.8 Å². The lowest BCUT2D eigenvalue weighted by molar-refractivity contribution is 0.0686. The number of fused-ring (bicyclic) bond motifs is 1. The molecule has 0 saturated carbocycles. The van der Waals surface area contributed by atoms with Gasteiger partial charge in [-0.3, -0.25) is 18.5 Å². The van der Waals surface area contributed by atoms with E-state index in [2.05, 4.69) is 11.8 Å². The van der Waals surface area contributed by atoms with E-state index in [1.165, 1.54) is 28.8 Å². The van der Waals surface area contributed by atoms with E-state index in [9.17, 15) is 29.4 Å². The molecule has 5 rings (SSSR count). The lowest BCUT2D eigenvalue weighted by Gasteiger charge is -2.31. The predicted molar refractivity (Wildman–Crippen MR) is 156 cm³/mol. The average molecular weight is 571 g/mol. The third-order valence-electron chi connectivity index (χ3n) is 7.28. The van der Waals surface area contributed by atoms with Gasteiger partial charge in [0.05, 0.1) is 30.8 Å². The van der Waals surface area contributed by atoms with E-state index in [0.29, 0.717) is 30.2 Å².